The molecule has 0 N–H and O–H groups in total. The van der Waals surface area contributed by atoms with E-state index in [-0.39, 0.29) is 42.3 Å². The predicted molar refractivity (Wildman–Crippen MR) is 170 cm³/mol. The highest BCUT2D eigenvalue weighted by molar-refractivity contribution is 6.02. The maximum atomic E-state index is 15.8. The molecule has 13 heteroatoms. The monoisotopic (exact) mass is 682 g/mol. The third kappa shape index (κ3) is 10.3. The third-order valence-corrected chi connectivity index (χ3v) is 8.21. The topological polar surface area (TPSA) is 137 Å². The van der Waals surface area contributed by atoms with Crippen LogP contribution in [0.3, 0.4) is 0 Å². The molecule has 49 heavy (non-hydrogen) atoms. The third-order valence-electron chi connectivity index (χ3n) is 8.21. The number of imide groups is 1. The van der Waals surface area contributed by atoms with E-state index in [0.717, 1.165) is 18.9 Å². The molecule has 0 bridgehead atoms. The van der Waals surface area contributed by atoms with Crippen LogP contribution in [0.4, 0.5) is 8.78 Å². The minimum atomic E-state index is -3.60. The molecule has 2 aliphatic heterocycles. The average molecular weight is 683 g/mol. The first-order chi connectivity index (χ1) is 23.5. The second kappa shape index (κ2) is 17.5. The van der Waals surface area contributed by atoms with Crippen LogP contribution in [-0.4, -0.2) is 70.9 Å². The van der Waals surface area contributed by atoms with Gasteiger partial charge in [-0.1, -0.05) is 61.4 Å². The highest BCUT2D eigenvalue weighted by Gasteiger charge is 2.43. The number of hydrogen-bond donors (Lipinski definition) is 0. The summed E-state index contributed by atoms with van der Waals surface area (Å²) in [5.74, 6) is -7.07. The van der Waals surface area contributed by atoms with Gasteiger partial charge in [0.1, 0.15) is 0 Å². The van der Waals surface area contributed by atoms with E-state index in [0.29, 0.717) is 49.5 Å². The maximum Gasteiger partial charge on any atom is 0.363 e. The van der Waals surface area contributed by atoms with Crippen LogP contribution in [0.25, 0.3) is 0 Å². The van der Waals surface area contributed by atoms with Gasteiger partial charge < -0.3 is 19.2 Å². The van der Waals surface area contributed by atoms with Crippen molar-refractivity contribution in [1.82, 2.24) is 9.96 Å². The second-order valence-electron chi connectivity index (χ2n) is 11.8. The van der Waals surface area contributed by atoms with Crippen LogP contribution < -0.4 is 0 Å². The zero-order valence-electron chi connectivity index (χ0n) is 27.3. The van der Waals surface area contributed by atoms with Crippen molar-refractivity contribution < 1.29 is 51.9 Å². The molecular weight excluding hydrogens is 642 g/mol. The van der Waals surface area contributed by atoms with Gasteiger partial charge >= 0.3 is 23.8 Å². The van der Waals surface area contributed by atoms with Gasteiger partial charge in [-0.05, 0) is 50.0 Å². The molecule has 0 aliphatic carbocycles. The molecule has 262 valence electrons. The van der Waals surface area contributed by atoms with Crippen molar-refractivity contribution in [2.45, 2.75) is 89.2 Å². The predicted octanol–water partition coefficient (Wildman–Crippen LogP) is 5.21. The Morgan fingerprint density at radius 2 is 1.55 bits per heavy atom. The summed E-state index contributed by atoms with van der Waals surface area (Å²) in [6.07, 6.45) is 4.14. The van der Waals surface area contributed by atoms with Crippen molar-refractivity contribution >= 4 is 35.6 Å². The number of nitrogens with zero attached hydrogens (tertiary/aromatic N) is 2. The molecule has 0 aromatic heterocycles. The van der Waals surface area contributed by atoms with E-state index in [1.54, 1.807) is 17.9 Å². The number of benzene rings is 2. The fourth-order valence-electron chi connectivity index (χ4n) is 5.57. The van der Waals surface area contributed by atoms with Gasteiger partial charge in [0.15, 0.2) is 6.10 Å². The Balaban J connectivity index is 1.38. The number of likely N-dealkylation sites (tertiary alicyclic amines) is 1. The van der Waals surface area contributed by atoms with Crippen LogP contribution in [0.15, 0.2) is 66.7 Å². The fourth-order valence-corrected chi connectivity index (χ4v) is 5.57. The lowest BCUT2D eigenvalue weighted by Gasteiger charge is -2.27. The highest BCUT2D eigenvalue weighted by atomic mass is 19.3. The van der Waals surface area contributed by atoms with Crippen LogP contribution in [0.5, 0.6) is 0 Å². The molecule has 3 amide bonds. The lowest BCUT2D eigenvalue weighted by molar-refractivity contribution is -0.172. The number of unbranched alkanes of at least 4 members (excludes halogenated alkanes) is 3. The summed E-state index contributed by atoms with van der Waals surface area (Å²) in [6.45, 7) is 2.52. The van der Waals surface area contributed by atoms with Crippen molar-refractivity contribution in [1.29, 1.82) is 0 Å². The molecule has 4 rings (SSSR count). The molecule has 2 aromatic rings. The minimum Gasteiger partial charge on any atom is -0.466 e. The van der Waals surface area contributed by atoms with Crippen molar-refractivity contribution in [3.8, 4) is 0 Å². The van der Waals surface area contributed by atoms with E-state index in [9.17, 15) is 28.8 Å². The number of hydrogen-bond acceptors (Lipinski definition) is 9. The van der Waals surface area contributed by atoms with Gasteiger partial charge in [-0.2, -0.15) is 8.78 Å². The van der Waals surface area contributed by atoms with Gasteiger partial charge in [0.2, 0.25) is 5.91 Å². The molecule has 2 saturated heterocycles. The lowest BCUT2D eigenvalue weighted by atomic mass is 10.0. The molecule has 11 nitrogen and oxygen atoms in total. The normalized spacial score (nSPS) is 17.1. The van der Waals surface area contributed by atoms with Crippen molar-refractivity contribution in [2.75, 3.05) is 13.2 Å². The maximum absolute atomic E-state index is 15.8. The molecule has 2 aliphatic rings. The number of carbonyl (C=O) groups excluding carboxylic acids is 6. The van der Waals surface area contributed by atoms with Crippen molar-refractivity contribution in [3.05, 3.63) is 83.4 Å². The summed E-state index contributed by atoms with van der Waals surface area (Å²) in [4.78, 5) is 79.5. The molecule has 0 radical (unpaired) electrons. The van der Waals surface area contributed by atoms with E-state index in [1.165, 1.54) is 54.6 Å². The number of ether oxygens (including phenoxy) is 2. The van der Waals surface area contributed by atoms with E-state index < -0.39 is 48.2 Å². The Morgan fingerprint density at radius 1 is 0.878 bits per heavy atom. The molecule has 2 aromatic carbocycles. The number of rotatable bonds is 17. The van der Waals surface area contributed by atoms with Crippen LogP contribution in [0.2, 0.25) is 0 Å². The van der Waals surface area contributed by atoms with E-state index in [4.69, 9.17) is 14.3 Å². The highest BCUT2D eigenvalue weighted by Crippen LogP contribution is 2.35. The van der Waals surface area contributed by atoms with Crippen LogP contribution in [0.1, 0.15) is 86.2 Å². The summed E-state index contributed by atoms with van der Waals surface area (Å²) in [7, 11) is 0. The summed E-state index contributed by atoms with van der Waals surface area (Å²) in [5, 5.41) is 0.422. The number of halogens is 2. The number of esters is 2. The fraction of sp³-hybridized carbons (Fsp3) is 0.444. The van der Waals surface area contributed by atoms with Crippen LogP contribution in [-0.2, 0) is 50.6 Å². The van der Waals surface area contributed by atoms with Gasteiger partial charge in [0.05, 0.1) is 24.6 Å². The van der Waals surface area contributed by atoms with Crippen LogP contribution in [0, 0.1) is 0 Å². The molecular formula is C36H40F2N2O9. The molecule has 2 heterocycles. The number of carbonyl (C=O) groups is 6. The lowest BCUT2D eigenvalue weighted by Crippen LogP contribution is -2.36. The second-order valence-corrected chi connectivity index (χ2v) is 11.8. The summed E-state index contributed by atoms with van der Waals surface area (Å²) in [5.41, 5.74) is 0.0151. The van der Waals surface area contributed by atoms with Crippen molar-refractivity contribution in [3.63, 3.8) is 0 Å². The Labute approximate surface area is 283 Å². The SMILES string of the molecule is CCOC(=O)CCCCCCN1C(=O)CC[C@@H]1/C=C/[C@@H](OC(=O)Cc1ccc(C(=O)ON2C(=O)CCC2=O)cc1)C(F)(F)c1ccccc1. The molecule has 0 spiro atoms. The molecule has 0 unspecified atom stereocenters. The Morgan fingerprint density at radius 3 is 2.22 bits per heavy atom. The largest absolute Gasteiger partial charge is 0.466 e. The minimum absolute atomic E-state index is 0.00776. The first-order valence-electron chi connectivity index (χ1n) is 16.4. The zero-order valence-corrected chi connectivity index (χ0v) is 27.3. The van der Waals surface area contributed by atoms with Gasteiger partial charge in [-0.15, -0.1) is 5.06 Å². The van der Waals surface area contributed by atoms with Crippen molar-refractivity contribution in [2.24, 2.45) is 0 Å². The standard InChI is InChI=1S/C36H40F2N2O9/c1-2-47-33(44)12-8-3-4-9-23-39-28(18-20-30(39)41)17-19-29(36(37,38)27-10-6-5-7-11-27)48-34(45)24-25-13-15-26(16-14-25)35(46)49-40-31(42)21-22-32(40)43/h5-7,10-11,13-17,19,28-29H,2-4,8-9,12,18,20-24H2,1H3/b19-17+/t28-,29+/m0/s1. The van der Waals surface area contributed by atoms with E-state index in [1.807, 2.05) is 0 Å². The number of alkyl halides is 2. The number of amides is 3. The van der Waals surface area contributed by atoms with Gasteiger partial charge in [0, 0.05) is 37.8 Å². The van der Waals surface area contributed by atoms with Gasteiger partial charge in [-0.25, -0.2) is 4.79 Å². The first-order valence-corrected chi connectivity index (χ1v) is 16.4. The molecule has 2 fully saturated rings. The quantitative estimate of drug-likeness (QED) is 0.0953. The van der Waals surface area contributed by atoms with E-state index >= 15 is 8.78 Å². The summed E-state index contributed by atoms with van der Waals surface area (Å²) in [6, 6.07) is 12.0. The van der Waals surface area contributed by atoms with Gasteiger partial charge in [-0.3, -0.25) is 24.0 Å². The Kier molecular flexibility index (Phi) is 13.1. The smallest absolute Gasteiger partial charge is 0.363 e. The van der Waals surface area contributed by atoms with E-state index in [2.05, 4.69) is 0 Å². The zero-order chi connectivity index (χ0) is 35.4. The first kappa shape index (κ1) is 36.9. The van der Waals surface area contributed by atoms with Gasteiger partial charge in [0.25, 0.3) is 11.8 Å². The molecule has 2 atom stereocenters. The Bertz CT molecular complexity index is 1510. The van der Waals surface area contributed by atoms with Crippen LogP contribution >= 0.6 is 0 Å². The Hall–Kier alpha value is -4.94. The molecule has 0 saturated carbocycles. The average Bonchev–Trinajstić information content (AvgIpc) is 3.60. The number of hydroxylamine groups is 2. The summed E-state index contributed by atoms with van der Waals surface area (Å²) < 4.78 is 41.9. The summed E-state index contributed by atoms with van der Waals surface area (Å²) >= 11 is 0.